The monoisotopic (exact) mass is 535 g/mol. The Hall–Kier alpha value is -2.05. The molecule has 2 heterocycles. The first-order valence-corrected chi connectivity index (χ1v) is 15.4. The first-order chi connectivity index (χ1) is 18.7. The number of aliphatic hydroxyl groups excluding tert-OH is 1. The van der Waals surface area contributed by atoms with Gasteiger partial charge in [0, 0.05) is 24.6 Å². The number of allylic oxidation sites excluding steroid dienone is 2. The minimum atomic E-state index is -0.104. The van der Waals surface area contributed by atoms with Gasteiger partial charge in [-0.25, -0.2) is 0 Å². The van der Waals surface area contributed by atoms with E-state index in [9.17, 15) is 9.90 Å². The Labute approximate surface area is 233 Å². The number of carbonyl (C=O) groups is 1. The fraction of sp³-hybridized carbons (Fsp3) is 0.727. The lowest BCUT2D eigenvalue weighted by Crippen LogP contribution is -2.53. The maximum absolute atomic E-state index is 14.2. The molecular weight excluding hydrogens is 490 g/mol. The highest BCUT2D eigenvalue weighted by atomic mass is 16.7. The highest BCUT2D eigenvalue weighted by molar-refractivity contribution is 5.97. The van der Waals surface area contributed by atoms with Gasteiger partial charge in [-0.1, -0.05) is 19.9 Å². The van der Waals surface area contributed by atoms with Gasteiger partial charge in [0.05, 0.1) is 13.2 Å². The Kier molecular flexibility index (Phi) is 6.13. The second-order valence-electron chi connectivity index (χ2n) is 14.0. The Morgan fingerprint density at radius 3 is 2.82 bits per heavy atom. The zero-order chi connectivity index (χ0) is 27.1. The number of hydrogen-bond acceptors (Lipinski definition) is 6. The molecule has 6 heteroatoms. The zero-order valence-electron chi connectivity index (χ0n) is 24.1. The van der Waals surface area contributed by atoms with Gasteiger partial charge < -0.3 is 19.3 Å². The number of benzene rings is 1. The van der Waals surface area contributed by atoms with Gasteiger partial charge in [-0.3, -0.25) is 9.69 Å². The van der Waals surface area contributed by atoms with Crippen molar-refractivity contribution in [2.24, 2.45) is 34.5 Å². The smallest absolute Gasteiger partial charge is 0.231 e. The minimum absolute atomic E-state index is 0.0231. The van der Waals surface area contributed by atoms with Crippen LogP contribution >= 0.6 is 0 Å². The van der Waals surface area contributed by atoms with Gasteiger partial charge in [0.25, 0.3) is 0 Å². The van der Waals surface area contributed by atoms with Crippen molar-refractivity contribution < 1.29 is 24.1 Å². The van der Waals surface area contributed by atoms with Gasteiger partial charge >= 0.3 is 0 Å². The number of carbonyl (C=O) groups excluding carboxylic acids is 1. The van der Waals surface area contributed by atoms with E-state index in [0.29, 0.717) is 41.1 Å². The molecule has 0 saturated heterocycles. The topological polar surface area (TPSA) is 68.2 Å². The van der Waals surface area contributed by atoms with E-state index in [4.69, 9.17) is 14.2 Å². The van der Waals surface area contributed by atoms with Gasteiger partial charge in [-0.2, -0.15) is 0 Å². The number of hydrogen-bond donors (Lipinski definition) is 1. The Balaban J connectivity index is 1.14. The Morgan fingerprint density at radius 1 is 1.15 bits per heavy atom. The lowest BCUT2D eigenvalue weighted by Gasteiger charge is -2.60. The van der Waals surface area contributed by atoms with Crippen LogP contribution in [0.2, 0.25) is 0 Å². The van der Waals surface area contributed by atoms with E-state index in [1.807, 2.05) is 0 Å². The van der Waals surface area contributed by atoms with Gasteiger partial charge in [0.15, 0.2) is 17.3 Å². The molecule has 0 spiro atoms. The average Bonchev–Trinajstić information content (AvgIpc) is 3.53. The van der Waals surface area contributed by atoms with Gasteiger partial charge in [0.1, 0.15) is 0 Å². The lowest BCUT2D eigenvalue weighted by atomic mass is 9.44. The Bertz CT molecular complexity index is 1210. The standard InChI is InChI=1S/C33H45NO5/c1-32-12-9-21(35)16-20(32)5-6-22-23-7-8-25(33(23,2)13-10-24(22)32)27(36)17-26-29-19(11-14-34(26)3)15-28-30(31(29)37-4)39-18-38-28/h8,15,20-24,26,35H,5-7,9-14,16-18H2,1-4H3/t20-,21+,22-,23+,24-,26-,32-,33-/m0/s1. The molecule has 3 fully saturated rings. The molecule has 0 unspecified atom stereocenters. The van der Waals surface area contributed by atoms with E-state index in [2.05, 4.69) is 37.9 Å². The van der Waals surface area contributed by atoms with Gasteiger partial charge in [-0.05, 0) is 117 Å². The first-order valence-electron chi connectivity index (χ1n) is 15.4. The predicted molar refractivity (Wildman–Crippen MR) is 149 cm³/mol. The number of Topliss-reactive ketones (excluding diaryl/α,β-unsaturated/α-hetero) is 1. The summed E-state index contributed by atoms with van der Waals surface area (Å²) in [6, 6.07) is 2.06. The maximum Gasteiger partial charge on any atom is 0.231 e. The summed E-state index contributed by atoms with van der Waals surface area (Å²) in [5, 5.41) is 10.4. The van der Waals surface area contributed by atoms with E-state index < -0.39 is 0 Å². The van der Waals surface area contributed by atoms with Gasteiger partial charge in [0.2, 0.25) is 12.5 Å². The normalized spacial score (nSPS) is 40.7. The molecule has 0 aromatic heterocycles. The van der Waals surface area contributed by atoms with Crippen molar-refractivity contribution in [2.75, 3.05) is 27.5 Å². The number of methoxy groups -OCH3 is 1. The molecule has 7 rings (SSSR count). The van der Waals surface area contributed by atoms with Crippen LogP contribution in [-0.4, -0.2) is 49.4 Å². The largest absolute Gasteiger partial charge is 0.492 e. The van der Waals surface area contributed by atoms with Crippen molar-refractivity contribution in [2.45, 2.75) is 90.2 Å². The minimum Gasteiger partial charge on any atom is -0.492 e. The molecule has 1 N–H and O–H groups in total. The molecule has 6 nitrogen and oxygen atoms in total. The number of nitrogens with zero attached hydrogens (tertiary/aromatic N) is 1. The summed E-state index contributed by atoms with van der Waals surface area (Å²) in [6.07, 6.45) is 12.6. The average molecular weight is 536 g/mol. The molecule has 39 heavy (non-hydrogen) atoms. The van der Waals surface area contributed by atoms with Crippen LogP contribution < -0.4 is 14.2 Å². The number of ether oxygens (including phenoxy) is 3. The van der Waals surface area contributed by atoms with Crippen molar-refractivity contribution in [3.8, 4) is 17.2 Å². The molecule has 0 radical (unpaired) electrons. The van der Waals surface area contributed by atoms with Crippen molar-refractivity contribution in [1.29, 1.82) is 0 Å². The van der Waals surface area contributed by atoms with Crippen LogP contribution in [0.5, 0.6) is 17.2 Å². The van der Waals surface area contributed by atoms with Crippen molar-refractivity contribution in [1.82, 2.24) is 4.90 Å². The number of aliphatic hydroxyl groups is 1. The summed E-state index contributed by atoms with van der Waals surface area (Å²) < 4.78 is 17.4. The maximum atomic E-state index is 14.2. The summed E-state index contributed by atoms with van der Waals surface area (Å²) in [4.78, 5) is 16.5. The summed E-state index contributed by atoms with van der Waals surface area (Å²) >= 11 is 0. The van der Waals surface area contributed by atoms with E-state index >= 15 is 0 Å². The van der Waals surface area contributed by atoms with Crippen LogP contribution in [0.3, 0.4) is 0 Å². The fourth-order valence-corrected chi connectivity index (χ4v) is 10.3. The second kappa shape index (κ2) is 9.24. The SMILES string of the molecule is COc1c2c(cc3c1[C@H](CC(=O)C1=CC[C@@H]4[C@@H]5CC[C@H]6C[C@H](O)CC[C@]6(C)[C@H]5CC[C@]14C)N(C)CC3)OCO2. The van der Waals surface area contributed by atoms with Crippen LogP contribution in [0.1, 0.15) is 88.8 Å². The van der Waals surface area contributed by atoms with Crippen LogP contribution in [0, 0.1) is 34.5 Å². The summed E-state index contributed by atoms with van der Waals surface area (Å²) in [6.45, 7) is 6.06. The third-order valence-electron chi connectivity index (χ3n) is 12.4. The van der Waals surface area contributed by atoms with E-state index in [-0.39, 0.29) is 24.4 Å². The van der Waals surface area contributed by atoms with Crippen LogP contribution in [0.15, 0.2) is 17.7 Å². The predicted octanol–water partition coefficient (Wildman–Crippen LogP) is 5.85. The van der Waals surface area contributed by atoms with Crippen LogP contribution in [0.4, 0.5) is 0 Å². The van der Waals surface area contributed by atoms with Crippen LogP contribution in [0.25, 0.3) is 0 Å². The molecule has 6 aliphatic rings. The van der Waals surface area contributed by atoms with Crippen molar-refractivity contribution in [3.05, 3.63) is 28.8 Å². The molecule has 8 atom stereocenters. The number of ketones is 1. The van der Waals surface area contributed by atoms with E-state index in [1.54, 1.807) is 7.11 Å². The summed E-state index contributed by atoms with van der Waals surface area (Å²) in [7, 11) is 3.82. The van der Waals surface area contributed by atoms with Gasteiger partial charge in [-0.15, -0.1) is 0 Å². The van der Waals surface area contributed by atoms with E-state index in [1.165, 1.54) is 24.8 Å². The second-order valence-corrected chi connectivity index (χ2v) is 14.0. The first kappa shape index (κ1) is 25.9. The Morgan fingerprint density at radius 2 is 2.00 bits per heavy atom. The van der Waals surface area contributed by atoms with Crippen molar-refractivity contribution >= 4 is 5.78 Å². The quantitative estimate of drug-likeness (QED) is 0.522. The highest BCUT2D eigenvalue weighted by Crippen LogP contribution is 2.66. The fourth-order valence-electron chi connectivity index (χ4n) is 10.3. The number of fused-ring (bicyclic) bond motifs is 7. The highest BCUT2D eigenvalue weighted by Gasteiger charge is 2.59. The molecule has 3 saturated carbocycles. The number of rotatable bonds is 4. The molecule has 0 amide bonds. The molecule has 1 aromatic carbocycles. The number of likely N-dealkylation sites (N-methyl/N-ethyl adjacent to an activating group) is 1. The van der Waals surface area contributed by atoms with E-state index in [0.717, 1.165) is 73.6 Å². The molecule has 2 aliphatic heterocycles. The molecule has 1 aromatic rings. The van der Waals surface area contributed by atoms with Crippen molar-refractivity contribution in [3.63, 3.8) is 0 Å². The molecule has 212 valence electrons. The molecule has 0 bridgehead atoms. The lowest BCUT2D eigenvalue weighted by molar-refractivity contribution is -0.126. The third kappa shape index (κ3) is 3.76. The molecule has 4 aliphatic carbocycles. The summed E-state index contributed by atoms with van der Waals surface area (Å²) in [5.74, 6) is 5.12. The summed E-state index contributed by atoms with van der Waals surface area (Å²) in [5.41, 5.74) is 3.73. The molecular formula is C33H45NO5. The van der Waals surface area contributed by atoms with Crippen LogP contribution in [-0.2, 0) is 11.2 Å². The third-order valence-corrected chi connectivity index (χ3v) is 12.4. The zero-order valence-corrected chi connectivity index (χ0v) is 24.1.